The Morgan fingerprint density at radius 3 is 2.53 bits per heavy atom. The minimum Gasteiger partial charge on any atom is -0.404 e. The van der Waals surface area contributed by atoms with E-state index >= 15 is 0 Å². The van der Waals surface area contributed by atoms with E-state index in [0.29, 0.717) is 25.1 Å². The van der Waals surface area contributed by atoms with Gasteiger partial charge in [-0.15, -0.1) is 13.2 Å². The monoisotopic (exact) mass is 561 g/mol. The van der Waals surface area contributed by atoms with E-state index in [9.17, 15) is 26.4 Å². The number of carbonyl (C=O) groups is 1. The molecule has 12 heteroatoms. The Morgan fingerprint density at radius 1 is 1.12 bits per heavy atom. The summed E-state index contributed by atoms with van der Waals surface area (Å²) in [5, 5.41) is 2.81. The van der Waals surface area contributed by atoms with Crippen molar-refractivity contribution in [2.24, 2.45) is 0 Å². The molecule has 0 spiro atoms. The topological polar surface area (TPSA) is 79.0 Å². The summed E-state index contributed by atoms with van der Waals surface area (Å²) in [5.41, 5.74) is 1.63. The molecule has 2 heterocycles. The van der Waals surface area contributed by atoms with Gasteiger partial charge in [0.15, 0.2) is 5.75 Å². The number of hydrogen-bond acceptors (Lipinski definition) is 4. The fraction of sp³-hybridized carbons (Fsp3) is 0.409. The Kier molecular flexibility index (Phi) is 7.11. The molecule has 0 saturated carbocycles. The molecule has 0 aliphatic carbocycles. The molecule has 184 valence electrons. The number of urea groups is 1. The predicted octanol–water partition coefficient (Wildman–Crippen LogP) is 4.44. The third-order valence-corrected chi connectivity index (χ3v) is 8.36. The molecule has 7 nitrogen and oxygen atoms in total. The lowest BCUT2D eigenvalue weighted by atomic mass is 9.94. The normalized spacial score (nSPS) is 19.1. The number of amides is 2. The third kappa shape index (κ3) is 5.33. The first kappa shape index (κ1) is 24.8. The van der Waals surface area contributed by atoms with Crippen LogP contribution in [0.1, 0.15) is 30.0 Å². The summed E-state index contributed by atoms with van der Waals surface area (Å²) >= 11 is 3.06. The van der Waals surface area contributed by atoms with Crippen molar-refractivity contribution in [2.45, 2.75) is 36.6 Å². The number of nitrogens with one attached hydrogen (secondary N) is 1. The minimum absolute atomic E-state index is 0.0163. The quantitative estimate of drug-likeness (QED) is 0.585. The van der Waals surface area contributed by atoms with Crippen LogP contribution in [-0.4, -0.2) is 56.2 Å². The van der Waals surface area contributed by atoms with Gasteiger partial charge in [0.05, 0.1) is 6.04 Å². The van der Waals surface area contributed by atoms with Crippen molar-refractivity contribution >= 4 is 32.0 Å². The number of halogens is 4. The third-order valence-electron chi connectivity index (χ3n) is 5.92. The van der Waals surface area contributed by atoms with Gasteiger partial charge in [-0.3, -0.25) is 0 Å². The Balaban J connectivity index is 1.69. The van der Waals surface area contributed by atoms with Crippen molar-refractivity contribution in [3.05, 3.63) is 58.1 Å². The molecule has 34 heavy (non-hydrogen) atoms. The Morgan fingerprint density at radius 2 is 1.82 bits per heavy atom. The van der Waals surface area contributed by atoms with Crippen molar-refractivity contribution in [2.75, 3.05) is 26.2 Å². The summed E-state index contributed by atoms with van der Waals surface area (Å²) in [7, 11) is -4.42. The molecule has 1 fully saturated rings. The molecule has 0 bridgehead atoms. The number of carbonyl (C=O) groups excluding carboxylic acids is 1. The van der Waals surface area contributed by atoms with Crippen molar-refractivity contribution in [1.29, 1.82) is 0 Å². The van der Waals surface area contributed by atoms with Crippen molar-refractivity contribution < 1.29 is 31.1 Å². The molecule has 1 atom stereocenters. The molecule has 0 radical (unpaired) electrons. The van der Waals surface area contributed by atoms with Crippen LogP contribution in [0.5, 0.6) is 5.75 Å². The standard InChI is InChI=1S/C22H23BrF3N3O4S/c23-16-7-8-20(19(13-16)33-22(24,25)26)34(31,32)29-12-9-15-5-1-2-6-17(15)18(29)14-27-21(30)28-10-3-4-11-28/h1-2,5-8,13,18H,3-4,9-12,14H2,(H,27,30). The van der Waals surface area contributed by atoms with Crippen molar-refractivity contribution in [3.63, 3.8) is 0 Å². The van der Waals surface area contributed by atoms with Crippen LogP contribution >= 0.6 is 15.9 Å². The van der Waals surface area contributed by atoms with E-state index in [0.717, 1.165) is 34.8 Å². The lowest BCUT2D eigenvalue weighted by Gasteiger charge is -2.37. The minimum atomic E-state index is -5.07. The van der Waals surface area contributed by atoms with Crippen LogP contribution in [0.25, 0.3) is 0 Å². The second-order valence-corrected chi connectivity index (χ2v) is 10.9. The Labute approximate surface area is 204 Å². The number of nitrogens with zero attached hydrogens (tertiary/aromatic N) is 2. The maximum Gasteiger partial charge on any atom is 0.573 e. The van der Waals surface area contributed by atoms with Gasteiger partial charge in [0.1, 0.15) is 4.90 Å². The fourth-order valence-electron chi connectivity index (χ4n) is 4.37. The molecule has 2 aromatic carbocycles. The van der Waals surface area contributed by atoms with Gasteiger partial charge in [-0.2, -0.15) is 4.31 Å². The number of likely N-dealkylation sites (tertiary alicyclic amines) is 1. The second-order valence-electron chi connectivity index (χ2n) is 8.10. The summed E-state index contributed by atoms with van der Waals surface area (Å²) in [6, 6.07) is 9.59. The molecule has 2 aliphatic heterocycles. The van der Waals surface area contributed by atoms with Crippen LogP contribution in [0.2, 0.25) is 0 Å². The first-order valence-electron chi connectivity index (χ1n) is 10.7. The highest BCUT2D eigenvalue weighted by Gasteiger charge is 2.40. The van der Waals surface area contributed by atoms with Gasteiger partial charge >= 0.3 is 12.4 Å². The van der Waals surface area contributed by atoms with Crippen LogP contribution < -0.4 is 10.1 Å². The summed E-state index contributed by atoms with van der Waals surface area (Å²) in [6.07, 6.45) is -2.86. The van der Waals surface area contributed by atoms with Crippen LogP contribution in [0, 0.1) is 0 Å². The molecule has 1 saturated heterocycles. The number of fused-ring (bicyclic) bond motifs is 1. The van der Waals surface area contributed by atoms with E-state index < -0.39 is 33.1 Å². The molecule has 2 aromatic rings. The highest BCUT2D eigenvalue weighted by Crippen LogP contribution is 2.39. The van der Waals surface area contributed by atoms with Crippen molar-refractivity contribution in [1.82, 2.24) is 14.5 Å². The summed E-state index contributed by atoms with van der Waals surface area (Å²) in [5.74, 6) is -0.819. The maximum atomic E-state index is 13.7. The van der Waals surface area contributed by atoms with Gasteiger partial charge < -0.3 is 15.0 Å². The second kappa shape index (κ2) is 9.74. The zero-order valence-electron chi connectivity index (χ0n) is 18.0. The highest BCUT2D eigenvalue weighted by molar-refractivity contribution is 9.10. The zero-order chi connectivity index (χ0) is 24.5. The molecule has 2 amide bonds. The zero-order valence-corrected chi connectivity index (χ0v) is 20.4. The average Bonchev–Trinajstić information content (AvgIpc) is 3.31. The van der Waals surface area contributed by atoms with Gasteiger partial charge in [-0.1, -0.05) is 40.2 Å². The number of alkyl halides is 3. The van der Waals surface area contributed by atoms with E-state index in [-0.39, 0.29) is 23.6 Å². The lowest BCUT2D eigenvalue weighted by Crippen LogP contribution is -2.47. The van der Waals surface area contributed by atoms with Gasteiger partial charge in [-0.05, 0) is 48.6 Å². The van der Waals surface area contributed by atoms with Gasteiger partial charge in [0, 0.05) is 30.7 Å². The number of sulfonamides is 1. The lowest BCUT2D eigenvalue weighted by molar-refractivity contribution is -0.275. The Hall–Kier alpha value is -2.31. The van der Waals surface area contributed by atoms with E-state index in [1.165, 1.54) is 6.07 Å². The smallest absolute Gasteiger partial charge is 0.404 e. The van der Waals surface area contributed by atoms with E-state index in [4.69, 9.17) is 0 Å². The highest BCUT2D eigenvalue weighted by atomic mass is 79.9. The van der Waals surface area contributed by atoms with Crippen LogP contribution in [-0.2, 0) is 16.4 Å². The molecule has 1 N–H and O–H groups in total. The predicted molar refractivity (Wildman–Crippen MR) is 122 cm³/mol. The van der Waals surface area contributed by atoms with E-state index in [1.54, 1.807) is 17.0 Å². The molecule has 4 rings (SSSR count). The molecular weight excluding hydrogens is 539 g/mol. The fourth-order valence-corrected chi connectivity index (χ4v) is 6.41. The number of ether oxygens (including phenoxy) is 1. The van der Waals surface area contributed by atoms with Crippen LogP contribution in [0.4, 0.5) is 18.0 Å². The first-order chi connectivity index (χ1) is 16.1. The largest absolute Gasteiger partial charge is 0.573 e. The maximum absolute atomic E-state index is 13.7. The number of benzene rings is 2. The molecular formula is C22H23BrF3N3O4S. The summed E-state index contributed by atoms with van der Waals surface area (Å²) in [6.45, 7) is 1.29. The van der Waals surface area contributed by atoms with Gasteiger partial charge in [0.25, 0.3) is 0 Å². The first-order valence-corrected chi connectivity index (χ1v) is 13.0. The van der Waals surface area contributed by atoms with Crippen molar-refractivity contribution in [3.8, 4) is 5.75 Å². The average molecular weight is 562 g/mol. The molecule has 1 unspecified atom stereocenters. The van der Waals surface area contributed by atoms with Crippen LogP contribution in [0.3, 0.4) is 0 Å². The van der Waals surface area contributed by atoms with E-state index in [1.807, 2.05) is 12.1 Å². The summed E-state index contributed by atoms with van der Waals surface area (Å²) < 4.78 is 71.8. The molecule has 2 aliphatic rings. The Bertz CT molecular complexity index is 1170. The van der Waals surface area contributed by atoms with E-state index in [2.05, 4.69) is 26.0 Å². The summed E-state index contributed by atoms with van der Waals surface area (Å²) in [4.78, 5) is 13.6. The van der Waals surface area contributed by atoms with Crippen LogP contribution in [0.15, 0.2) is 51.8 Å². The SMILES string of the molecule is O=C(NCC1c2ccccc2CCN1S(=O)(=O)c1ccc(Br)cc1OC(F)(F)F)N1CCCC1. The number of hydrogen-bond donors (Lipinski definition) is 1. The van der Waals surface area contributed by atoms with Gasteiger partial charge in [0.2, 0.25) is 10.0 Å². The molecule has 0 aromatic heterocycles. The van der Waals surface area contributed by atoms with Gasteiger partial charge in [-0.25, -0.2) is 13.2 Å². The number of rotatable bonds is 5.